The summed E-state index contributed by atoms with van der Waals surface area (Å²) in [4.78, 5) is 39.8. The fraction of sp³-hybridized carbons (Fsp3) is 0.333. The first-order valence-corrected chi connectivity index (χ1v) is 5.39. The number of carbonyl (C=O) groups excluding carboxylic acids is 2. The fourth-order valence-corrected chi connectivity index (χ4v) is 2.08. The smallest absolute Gasteiger partial charge is 0.305 e. The van der Waals surface area contributed by atoms with Crippen molar-refractivity contribution in [3.63, 3.8) is 0 Å². The molecule has 0 radical (unpaired) electrons. The van der Waals surface area contributed by atoms with Gasteiger partial charge < -0.3 is 5.11 Å². The molecule has 2 heterocycles. The van der Waals surface area contributed by atoms with E-state index in [1.54, 1.807) is 13.8 Å². The highest BCUT2D eigenvalue weighted by molar-refractivity contribution is 6.21. The summed E-state index contributed by atoms with van der Waals surface area (Å²) in [5, 5.41) is 8.84. The largest absolute Gasteiger partial charge is 0.481 e. The van der Waals surface area contributed by atoms with E-state index in [2.05, 4.69) is 4.98 Å². The van der Waals surface area contributed by atoms with E-state index in [0.29, 0.717) is 0 Å². The van der Waals surface area contributed by atoms with Crippen LogP contribution < -0.4 is 0 Å². The van der Waals surface area contributed by atoms with Crippen LogP contribution in [0.2, 0.25) is 0 Å². The highest BCUT2D eigenvalue weighted by Gasteiger charge is 2.44. The Kier molecular flexibility index (Phi) is 2.65. The molecular weight excluding hydrogens is 236 g/mol. The van der Waals surface area contributed by atoms with E-state index < -0.39 is 23.3 Å². The summed E-state index contributed by atoms with van der Waals surface area (Å²) < 4.78 is 0. The molecule has 6 nitrogen and oxygen atoms in total. The number of aliphatic carboxylic acids is 1. The highest BCUT2D eigenvalue weighted by atomic mass is 16.4. The van der Waals surface area contributed by atoms with Crippen molar-refractivity contribution < 1.29 is 19.5 Å². The molecule has 0 bridgehead atoms. The molecule has 1 aliphatic rings. The number of nitrogens with zero attached hydrogens (tertiary/aromatic N) is 2. The van der Waals surface area contributed by atoms with Gasteiger partial charge in [0.05, 0.1) is 23.1 Å². The van der Waals surface area contributed by atoms with Crippen LogP contribution in [0.5, 0.6) is 0 Å². The van der Waals surface area contributed by atoms with Crippen LogP contribution in [0.3, 0.4) is 0 Å². The summed E-state index contributed by atoms with van der Waals surface area (Å²) in [7, 11) is 0. The van der Waals surface area contributed by atoms with Gasteiger partial charge in [0, 0.05) is 12.4 Å². The summed E-state index contributed by atoms with van der Waals surface area (Å²) in [6.07, 6.45) is 2.45. The van der Waals surface area contributed by atoms with E-state index >= 15 is 0 Å². The Labute approximate surface area is 103 Å². The van der Waals surface area contributed by atoms with Gasteiger partial charge in [-0.3, -0.25) is 24.3 Å². The topological polar surface area (TPSA) is 87.6 Å². The van der Waals surface area contributed by atoms with E-state index in [0.717, 1.165) is 4.90 Å². The summed E-state index contributed by atoms with van der Waals surface area (Å²) in [5.74, 6) is -2.02. The molecule has 0 aromatic carbocycles. The average Bonchev–Trinajstić information content (AvgIpc) is 2.51. The fourth-order valence-electron chi connectivity index (χ4n) is 2.08. The van der Waals surface area contributed by atoms with Gasteiger partial charge in [-0.05, 0) is 19.9 Å². The van der Waals surface area contributed by atoms with E-state index in [4.69, 9.17) is 5.11 Å². The van der Waals surface area contributed by atoms with Crippen LogP contribution in [0, 0.1) is 0 Å². The van der Waals surface area contributed by atoms with E-state index in [1.807, 2.05) is 0 Å². The van der Waals surface area contributed by atoms with E-state index in [-0.39, 0.29) is 17.5 Å². The summed E-state index contributed by atoms with van der Waals surface area (Å²) in [6.45, 7) is 3.10. The van der Waals surface area contributed by atoms with Crippen LogP contribution in [0.1, 0.15) is 41.0 Å². The third-order valence-corrected chi connectivity index (χ3v) is 2.88. The number of hydrogen-bond donors (Lipinski definition) is 1. The Hall–Kier alpha value is -2.24. The predicted molar refractivity (Wildman–Crippen MR) is 61.1 cm³/mol. The number of fused-ring (bicyclic) bond motifs is 1. The van der Waals surface area contributed by atoms with Crippen LogP contribution in [0.15, 0.2) is 18.5 Å². The molecule has 6 heteroatoms. The molecule has 1 aliphatic heterocycles. The first kappa shape index (κ1) is 12.2. The van der Waals surface area contributed by atoms with Crippen LogP contribution in [-0.4, -0.2) is 38.3 Å². The van der Waals surface area contributed by atoms with Crippen molar-refractivity contribution in [3.05, 3.63) is 29.6 Å². The Bertz CT molecular complexity index is 516. The summed E-state index contributed by atoms with van der Waals surface area (Å²) in [6, 6.07) is 1.46. The van der Waals surface area contributed by atoms with Gasteiger partial charge in [-0.25, -0.2) is 0 Å². The number of rotatable bonds is 3. The van der Waals surface area contributed by atoms with E-state index in [1.165, 1.54) is 18.5 Å². The number of pyridine rings is 1. The van der Waals surface area contributed by atoms with Crippen LogP contribution in [0.25, 0.3) is 0 Å². The van der Waals surface area contributed by atoms with Gasteiger partial charge >= 0.3 is 5.97 Å². The second kappa shape index (κ2) is 3.90. The van der Waals surface area contributed by atoms with Crippen molar-refractivity contribution in [2.75, 3.05) is 0 Å². The number of imide groups is 1. The van der Waals surface area contributed by atoms with Crippen LogP contribution in [-0.2, 0) is 4.79 Å². The zero-order valence-corrected chi connectivity index (χ0v) is 10.0. The molecule has 94 valence electrons. The number of carbonyl (C=O) groups is 3. The lowest BCUT2D eigenvalue weighted by Gasteiger charge is -2.32. The minimum Gasteiger partial charge on any atom is -0.481 e. The molecule has 1 N–H and O–H groups in total. The first-order chi connectivity index (χ1) is 8.34. The minimum atomic E-state index is -1.07. The molecular formula is C12H12N2O4. The maximum Gasteiger partial charge on any atom is 0.305 e. The Morgan fingerprint density at radius 3 is 2.50 bits per heavy atom. The number of hydrogen-bond acceptors (Lipinski definition) is 4. The van der Waals surface area contributed by atoms with Gasteiger partial charge in [0.25, 0.3) is 11.8 Å². The number of carboxylic acid groups (broad SMARTS) is 1. The second-order valence-electron chi connectivity index (χ2n) is 4.75. The molecule has 1 aromatic rings. The van der Waals surface area contributed by atoms with Crippen molar-refractivity contribution in [2.45, 2.75) is 25.8 Å². The molecule has 0 saturated heterocycles. The van der Waals surface area contributed by atoms with Crippen molar-refractivity contribution in [1.29, 1.82) is 0 Å². The van der Waals surface area contributed by atoms with Gasteiger partial charge in [0.15, 0.2) is 0 Å². The third kappa shape index (κ3) is 1.75. The molecule has 0 spiro atoms. The summed E-state index contributed by atoms with van der Waals surface area (Å²) in [5.41, 5.74) is -0.576. The maximum atomic E-state index is 12.1. The molecule has 0 saturated carbocycles. The Morgan fingerprint density at radius 1 is 1.33 bits per heavy atom. The molecule has 0 unspecified atom stereocenters. The lowest BCUT2D eigenvalue weighted by molar-refractivity contribution is -0.139. The zero-order valence-electron chi connectivity index (χ0n) is 10.0. The van der Waals surface area contributed by atoms with Crippen molar-refractivity contribution in [1.82, 2.24) is 9.88 Å². The van der Waals surface area contributed by atoms with Gasteiger partial charge in [-0.1, -0.05) is 0 Å². The number of carboxylic acids is 1. The molecule has 0 fully saturated rings. The number of amides is 2. The van der Waals surface area contributed by atoms with Gasteiger partial charge in [0.1, 0.15) is 0 Å². The third-order valence-electron chi connectivity index (χ3n) is 2.88. The predicted octanol–water partition coefficient (Wildman–Crippen LogP) is 0.931. The number of aromatic nitrogens is 1. The molecule has 2 amide bonds. The van der Waals surface area contributed by atoms with Crippen molar-refractivity contribution in [3.8, 4) is 0 Å². The van der Waals surface area contributed by atoms with Crippen molar-refractivity contribution in [2.24, 2.45) is 0 Å². The first-order valence-electron chi connectivity index (χ1n) is 5.39. The minimum absolute atomic E-state index is 0.223. The summed E-state index contributed by atoms with van der Waals surface area (Å²) >= 11 is 0. The highest BCUT2D eigenvalue weighted by Crippen LogP contribution is 2.30. The van der Waals surface area contributed by atoms with Gasteiger partial charge in [-0.2, -0.15) is 0 Å². The molecule has 0 aliphatic carbocycles. The van der Waals surface area contributed by atoms with Crippen LogP contribution >= 0.6 is 0 Å². The van der Waals surface area contributed by atoms with Crippen molar-refractivity contribution >= 4 is 17.8 Å². The zero-order chi connectivity index (χ0) is 13.5. The molecule has 1 aromatic heterocycles. The lowest BCUT2D eigenvalue weighted by atomic mass is 9.98. The van der Waals surface area contributed by atoms with Gasteiger partial charge in [-0.15, -0.1) is 0 Å². The maximum absolute atomic E-state index is 12.1. The molecule has 18 heavy (non-hydrogen) atoms. The second-order valence-corrected chi connectivity index (χ2v) is 4.75. The quantitative estimate of drug-likeness (QED) is 0.804. The molecule has 0 atom stereocenters. The Balaban J connectivity index is 2.42. The monoisotopic (exact) mass is 248 g/mol. The normalized spacial score (nSPS) is 14.9. The SMILES string of the molecule is CC(C)(CC(=O)O)N1C(=O)c2ccncc2C1=O. The average molecular weight is 248 g/mol. The van der Waals surface area contributed by atoms with E-state index in [9.17, 15) is 14.4 Å². The lowest BCUT2D eigenvalue weighted by Crippen LogP contribution is -2.48. The van der Waals surface area contributed by atoms with Gasteiger partial charge in [0.2, 0.25) is 0 Å². The standard InChI is InChI=1S/C12H12N2O4/c1-12(2,5-9(15)16)14-10(17)7-3-4-13-6-8(7)11(14)18/h3-4,6H,5H2,1-2H3,(H,15,16). The van der Waals surface area contributed by atoms with Crippen LogP contribution in [0.4, 0.5) is 0 Å². The Morgan fingerprint density at radius 2 is 1.94 bits per heavy atom. The molecule has 2 rings (SSSR count).